The first kappa shape index (κ1) is 22.7. The molecule has 0 radical (unpaired) electrons. The number of nitrogens with one attached hydrogen (secondary N) is 1. The molecule has 180 valence electrons. The van der Waals surface area contributed by atoms with Crippen molar-refractivity contribution in [3.05, 3.63) is 70.7 Å². The molecule has 5 rings (SSSR count). The van der Waals surface area contributed by atoms with Crippen LogP contribution in [0.5, 0.6) is 5.75 Å². The zero-order valence-electron chi connectivity index (χ0n) is 19.3. The molecule has 10 heteroatoms. The predicted octanol–water partition coefficient (Wildman–Crippen LogP) is 3.99. The molecule has 0 spiro atoms. The van der Waals surface area contributed by atoms with Crippen LogP contribution < -0.4 is 15.8 Å². The zero-order chi connectivity index (χ0) is 24.7. The third kappa shape index (κ3) is 4.77. The van der Waals surface area contributed by atoms with E-state index in [9.17, 15) is 13.6 Å². The highest BCUT2D eigenvalue weighted by Crippen LogP contribution is 2.32. The van der Waals surface area contributed by atoms with Crippen LogP contribution in [0.2, 0.25) is 0 Å². The number of hydrogen-bond donors (Lipinski definition) is 2. The number of halogens is 2. The Bertz CT molecular complexity index is 1450. The molecule has 3 heterocycles. The first-order chi connectivity index (χ1) is 16.8. The second-order valence-electron chi connectivity index (χ2n) is 8.76. The Labute approximate surface area is 200 Å². The maximum atomic E-state index is 14.4. The summed E-state index contributed by atoms with van der Waals surface area (Å²) in [5, 5.41) is 6.82. The highest BCUT2D eigenvalue weighted by atomic mass is 19.1. The fourth-order valence-corrected chi connectivity index (χ4v) is 3.98. The maximum Gasteiger partial charge on any atom is 0.253 e. The SMILES string of the molecule is Cc1nc(C)c(-c2ccn3nc(N)nc3c2)cc1C(=O)NCc1cc(F)cc(F)c1OCC1CC1. The Morgan fingerprint density at radius 3 is 2.74 bits per heavy atom. The van der Waals surface area contributed by atoms with Crippen molar-refractivity contribution in [1.29, 1.82) is 0 Å². The summed E-state index contributed by atoms with van der Waals surface area (Å²) in [6, 6.07) is 7.35. The minimum Gasteiger partial charge on any atom is -0.490 e. The van der Waals surface area contributed by atoms with E-state index < -0.39 is 17.5 Å². The van der Waals surface area contributed by atoms with Gasteiger partial charge >= 0.3 is 0 Å². The fourth-order valence-electron chi connectivity index (χ4n) is 3.98. The van der Waals surface area contributed by atoms with Gasteiger partial charge in [-0.05, 0) is 62.4 Å². The van der Waals surface area contributed by atoms with Crippen molar-refractivity contribution in [2.45, 2.75) is 33.2 Å². The number of amides is 1. The molecule has 8 nitrogen and oxygen atoms in total. The highest BCUT2D eigenvalue weighted by Gasteiger charge is 2.24. The average molecular weight is 479 g/mol. The van der Waals surface area contributed by atoms with E-state index in [2.05, 4.69) is 20.4 Å². The molecular formula is C25H24F2N6O2. The fraction of sp³-hybridized carbons (Fsp3) is 0.280. The number of aryl methyl sites for hydroxylation is 2. The number of nitrogens with two attached hydrogens (primary N) is 1. The number of pyridine rings is 2. The molecule has 3 N–H and O–H groups in total. The normalized spacial score (nSPS) is 13.3. The quantitative estimate of drug-likeness (QED) is 0.416. The first-order valence-electron chi connectivity index (χ1n) is 11.3. The summed E-state index contributed by atoms with van der Waals surface area (Å²) < 4.78 is 35.4. The maximum absolute atomic E-state index is 14.4. The van der Waals surface area contributed by atoms with Crippen LogP contribution in [0.4, 0.5) is 14.7 Å². The summed E-state index contributed by atoms with van der Waals surface area (Å²) >= 11 is 0. The molecule has 0 atom stereocenters. The van der Waals surface area contributed by atoms with Crippen molar-refractivity contribution in [2.75, 3.05) is 12.3 Å². The molecule has 1 aliphatic rings. The van der Waals surface area contributed by atoms with Gasteiger partial charge in [-0.1, -0.05) is 0 Å². The topological polar surface area (TPSA) is 107 Å². The Balaban J connectivity index is 1.40. The van der Waals surface area contributed by atoms with E-state index in [0.717, 1.165) is 35.7 Å². The van der Waals surface area contributed by atoms with Crippen molar-refractivity contribution in [2.24, 2.45) is 5.92 Å². The van der Waals surface area contributed by atoms with Gasteiger partial charge in [0.2, 0.25) is 5.95 Å². The van der Waals surface area contributed by atoms with Gasteiger partial charge in [0.15, 0.2) is 17.2 Å². The van der Waals surface area contributed by atoms with Gasteiger partial charge in [0.05, 0.1) is 17.9 Å². The second kappa shape index (κ2) is 8.94. The summed E-state index contributed by atoms with van der Waals surface area (Å²) in [6.45, 7) is 3.86. The average Bonchev–Trinajstić information content (AvgIpc) is 3.55. The van der Waals surface area contributed by atoms with Crippen LogP contribution in [-0.4, -0.2) is 32.1 Å². The van der Waals surface area contributed by atoms with Gasteiger partial charge in [-0.2, -0.15) is 4.98 Å². The van der Waals surface area contributed by atoms with Gasteiger partial charge in [0, 0.05) is 35.6 Å². The van der Waals surface area contributed by atoms with Crippen molar-refractivity contribution >= 4 is 17.5 Å². The Kier molecular flexibility index (Phi) is 5.80. The lowest BCUT2D eigenvalue weighted by molar-refractivity contribution is 0.0949. The number of carbonyl (C=O) groups is 1. The summed E-state index contributed by atoms with van der Waals surface area (Å²) in [5.74, 6) is -1.40. The van der Waals surface area contributed by atoms with Crippen LogP contribution in [0.15, 0.2) is 36.5 Å². The monoisotopic (exact) mass is 478 g/mol. The number of ether oxygens (including phenoxy) is 1. The minimum atomic E-state index is -0.783. The van der Waals surface area contributed by atoms with Crippen molar-refractivity contribution < 1.29 is 18.3 Å². The van der Waals surface area contributed by atoms with Crippen LogP contribution in [0.3, 0.4) is 0 Å². The van der Waals surface area contributed by atoms with Crippen LogP contribution >= 0.6 is 0 Å². The number of nitrogen functional groups attached to an aromatic ring is 1. The first-order valence-corrected chi connectivity index (χ1v) is 11.3. The molecule has 35 heavy (non-hydrogen) atoms. The number of rotatable bonds is 7. The van der Waals surface area contributed by atoms with E-state index in [4.69, 9.17) is 10.5 Å². The molecule has 1 fully saturated rings. The van der Waals surface area contributed by atoms with Gasteiger partial charge < -0.3 is 15.8 Å². The third-order valence-corrected chi connectivity index (χ3v) is 6.00. The number of carbonyl (C=O) groups excluding carboxylic acids is 1. The summed E-state index contributed by atoms with van der Waals surface area (Å²) in [4.78, 5) is 21.8. The molecule has 0 saturated heterocycles. The summed E-state index contributed by atoms with van der Waals surface area (Å²) in [7, 11) is 0. The van der Waals surface area contributed by atoms with E-state index in [1.165, 1.54) is 6.07 Å². The summed E-state index contributed by atoms with van der Waals surface area (Å²) in [6.07, 6.45) is 3.80. The molecule has 1 amide bonds. The standard InChI is InChI=1S/C25H24F2N6O2/c1-13-19(16-5-6-33-22(8-16)31-25(28)32-33)10-20(14(2)30-13)24(34)29-11-17-7-18(26)9-21(27)23(17)35-12-15-3-4-15/h5-10,15H,3-4,11-12H2,1-2H3,(H2,28,32)(H,29,34). The Morgan fingerprint density at radius 1 is 1.17 bits per heavy atom. The predicted molar refractivity (Wildman–Crippen MR) is 126 cm³/mol. The Morgan fingerprint density at radius 2 is 1.97 bits per heavy atom. The van der Waals surface area contributed by atoms with Gasteiger partial charge in [-0.25, -0.2) is 13.3 Å². The lowest BCUT2D eigenvalue weighted by atomic mass is 10.0. The largest absolute Gasteiger partial charge is 0.490 e. The van der Waals surface area contributed by atoms with Crippen LogP contribution in [-0.2, 0) is 6.54 Å². The molecule has 4 aromatic rings. The summed E-state index contributed by atoms with van der Waals surface area (Å²) in [5.41, 5.74) is 9.65. The molecule has 0 unspecified atom stereocenters. The van der Waals surface area contributed by atoms with Crippen molar-refractivity contribution in [1.82, 2.24) is 24.9 Å². The molecular weight excluding hydrogens is 454 g/mol. The van der Waals surface area contributed by atoms with Crippen LogP contribution in [0, 0.1) is 31.4 Å². The lowest BCUT2D eigenvalue weighted by Gasteiger charge is -2.15. The molecule has 3 aromatic heterocycles. The van der Waals surface area contributed by atoms with Gasteiger partial charge in [0.25, 0.3) is 5.91 Å². The van der Waals surface area contributed by atoms with E-state index in [1.807, 2.05) is 19.1 Å². The van der Waals surface area contributed by atoms with Crippen LogP contribution in [0.25, 0.3) is 16.8 Å². The number of hydrogen-bond acceptors (Lipinski definition) is 6. The van der Waals surface area contributed by atoms with E-state index in [0.29, 0.717) is 29.4 Å². The molecule has 0 bridgehead atoms. The Hall–Kier alpha value is -4.08. The third-order valence-electron chi connectivity index (χ3n) is 6.00. The number of nitrogens with zero attached hydrogens (tertiary/aromatic N) is 4. The molecule has 1 aromatic carbocycles. The minimum absolute atomic E-state index is 0.0288. The van der Waals surface area contributed by atoms with Crippen LogP contribution in [0.1, 0.15) is 40.2 Å². The smallest absolute Gasteiger partial charge is 0.253 e. The van der Waals surface area contributed by atoms with Gasteiger partial charge in [-0.15, -0.1) is 5.10 Å². The number of aromatic nitrogens is 4. The number of benzene rings is 1. The number of fused-ring (bicyclic) bond motifs is 1. The number of anilines is 1. The molecule has 1 saturated carbocycles. The highest BCUT2D eigenvalue weighted by molar-refractivity contribution is 5.96. The lowest BCUT2D eigenvalue weighted by Crippen LogP contribution is -2.25. The van der Waals surface area contributed by atoms with E-state index in [1.54, 1.807) is 23.7 Å². The van der Waals surface area contributed by atoms with Crippen molar-refractivity contribution in [3.8, 4) is 16.9 Å². The van der Waals surface area contributed by atoms with E-state index in [-0.39, 0.29) is 23.8 Å². The second-order valence-corrected chi connectivity index (χ2v) is 8.76. The van der Waals surface area contributed by atoms with E-state index >= 15 is 0 Å². The van der Waals surface area contributed by atoms with Gasteiger partial charge in [0.1, 0.15) is 5.82 Å². The van der Waals surface area contributed by atoms with Crippen molar-refractivity contribution in [3.63, 3.8) is 0 Å². The van der Waals surface area contributed by atoms with Gasteiger partial charge in [-0.3, -0.25) is 9.78 Å². The zero-order valence-corrected chi connectivity index (χ0v) is 19.3. The molecule has 0 aliphatic heterocycles. The molecule has 1 aliphatic carbocycles.